The van der Waals surface area contributed by atoms with E-state index in [1.165, 1.54) is 0 Å². The van der Waals surface area contributed by atoms with Gasteiger partial charge in [0.15, 0.2) is 0 Å². The van der Waals surface area contributed by atoms with Gasteiger partial charge in [-0.3, -0.25) is 0 Å². The first-order valence-electron chi connectivity index (χ1n) is 3.40. The Morgan fingerprint density at radius 1 is 1.17 bits per heavy atom. The van der Waals surface area contributed by atoms with Crippen LogP contribution < -0.4 is 5.73 Å². The van der Waals surface area contributed by atoms with E-state index >= 15 is 0 Å². The third-order valence-corrected chi connectivity index (χ3v) is 2.48. The van der Waals surface area contributed by atoms with Crippen molar-refractivity contribution in [3.8, 4) is 0 Å². The molecule has 0 aliphatic rings. The Labute approximate surface area is 79.3 Å². The Kier molecular flexibility index (Phi) is 1.67. The molecular formula is C8H6Cl2N2. The number of anilines is 1. The van der Waals surface area contributed by atoms with Crippen molar-refractivity contribution in [2.24, 2.45) is 0 Å². The molecule has 1 aromatic carbocycles. The van der Waals surface area contributed by atoms with Crippen LogP contribution in [0.2, 0.25) is 10.0 Å². The summed E-state index contributed by atoms with van der Waals surface area (Å²) in [6.45, 7) is 0. The number of benzene rings is 1. The third kappa shape index (κ3) is 1.04. The highest BCUT2D eigenvalue weighted by atomic mass is 35.5. The predicted octanol–water partition coefficient (Wildman–Crippen LogP) is 3.06. The molecule has 0 atom stereocenters. The quantitative estimate of drug-likeness (QED) is 0.675. The van der Waals surface area contributed by atoms with E-state index in [-0.39, 0.29) is 0 Å². The Balaban J connectivity index is 2.87. The van der Waals surface area contributed by atoms with E-state index < -0.39 is 0 Å². The van der Waals surface area contributed by atoms with E-state index in [4.69, 9.17) is 28.9 Å². The van der Waals surface area contributed by atoms with Crippen molar-refractivity contribution in [2.75, 3.05) is 5.73 Å². The minimum atomic E-state index is 0.524. The molecule has 0 saturated carbocycles. The lowest BCUT2D eigenvalue weighted by Gasteiger charge is -1.95. The van der Waals surface area contributed by atoms with Gasteiger partial charge in [0.1, 0.15) is 0 Å². The van der Waals surface area contributed by atoms with Crippen molar-refractivity contribution < 1.29 is 0 Å². The van der Waals surface area contributed by atoms with Crippen molar-refractivity contribution in [3.05, 3.63) is 28.4 Å². The van der Waals surface area contributed by atoms with E-state index in [9.17, 15) is 0 Å². The van der Waals surface area contributed by atoms with Gasteiger partial charge in [-0.25, -0.2) is 0 Å². The monoisotopic (exact) mass is 200 g/mol. The van der Waals surface area contributed by atoms with Crippen LogP contribution in [0.25, 0.3) is 10.9 Å². The summed E-state index contributed by atoms with van der Waals surface area (Å²) < 4.78 is 0. The van der Waals surface area contributed by atoms with E-state index in [0.29, 0.717) is 15.7 Å². The van der Waals surface area contributed by atoms with E-state index in [0.717, 1.165) is 10.9 Å². The topological polar surface area (TPSA) is 41.8 Å². The number of nitrogen functional groups attached to an aromatic ring is 1. The summed E-state index contributed by atoms with van der Waals surface area (Å²) in [6, 6.07) is 3.51. The number of aromatic amines is 1. The van der Waals surface area contributed by atoms with Gasteiger partial charge in [-0.15, -0.1) is 0 Å². The number of hydrogen-bond acceptors (Lipinski definition) is 1. The molecule has 0 saturated heterocycles. The van der Waals surface area contributed by atoms with Crippen molar-refractivity contribution >= 4 is 39.8 Å². The predicted molar refractivity (Wildman–Crippen MR) is 52.7 cm³/mol. The maximum absolute atomic E-state index is 5.82. The van der Waals surface area contributed by atoms with Gasteiger partial charge < -0.3 is 10.7 Å². The summed E-state index contributed by atoms with van der Waals surface area (Å²) in [7, 11) is 0. The average molecular weight is 201 g/mol. The summed E-state index contributed by atoms with van der Waals surface area (Å²) >= 11 is 11.6. The molecule has 0 unspecified atom stereocenters. The SMILES string of the molecule is Nc1c[nH]c2cc(Cl)c(Cl)cc12. The fraction of sp³-hybridized carbons (Fsp3) is 0. The van der Waals surface area contributed by atoms with E-state index in [1.54, 1.807) is 18.3 Å². The molecule has 0 bridgehead atoms. The largest absolute Gasteiger partial charge is 0.397 e. The second-order valence-electron chi connectivity index (χ2n) is 2.56. The van der Waals surface area contributed by atoms with Crippen LogP contribution in [0.3, 0.4) is 0 Å². The van der Waals surface area contributed by atoms with Gasteiger partial charge in [-0.2, -0.15) is 0 Å². The average Bonchev–Trinajstić information content (AvgIpc) is 2.35. The molecule has 0 amide bonds. The molecule has 1 heterocycles. The van der Waals surface area contributed by atoms with Gasteiger partial charge in [0.25, 0.3) is 0 Å². The summed E-state index contributed by atoms with van der Waals surface area (Å²) in [4.78, 5) is 2.99. The molecule has 62 valence electrons. The molecule has 3 N–H and O–H groups in total. The van der Waals surface area contributed by atoms with Crippen LogP contribution in [0, 0.1) is 0 Å². The summed E-state index contributed by atoms with van der Waals surface area (Å²) in [5.41, 5.74) is 7.25. The molecule has 0 aliphatic carbocycles. The summed E-state index contributed by atoms with van der Waals surface area (Å²) in [5.74, 6) is 0. The highest BCUT2D eigenvalue weighted by Crippen LogP contribution is 2.30. The first-order valence-corrected chi connectivity index (χ1v) is 4.15. The first-order chi connectivity index (χ1) is 5.68. The molecule has 1 aromatic heterocycles. The number of nitrogens with one attached hydrogen (secondary N) is 1. The van der Waals surface area contributed by atoms with Gasteiger partial charge in [0.05, 0.1) is 15.7 Å². The van der Waals surface area contributed by atoms with Crippen LogP contribution in [0.5, 0.6) is 0 Å². The fourth-order valence-corrected chi connectivity index (χ4v) is 1.47. The molecule has 2 rings (SSSR count). The number of hydrogen-bond donors (Lipinski definition) is 2. The van der Waals surface area contributed by atoms with Crippen LogP contribution in [-0.2, 0) is 0 Å². The number of aromatic nitrogens is 1. The molecule has 0 fully saturated rings. The van der Waals surface area contributed by atoms with Crippen LogP contribution in [0.1, 0.15) is 0 Å². The summed E-state index contributed by atoms with van der Waals surface area (Å²) in [5, 5.41) is 1.96. The molecule has 2 nitrogen and oxygen atoms in total. The Bertz CT molecular complexity index is 434. The van der Waals surface area contributed by atoms with Gasteiger partial charge in [-0.05, 0) is 12.1 Å². The van der Waals surface area contributed by atoms with E-state index in [1.807, 2.05) is 0 Å². The molecule has 2 aromatic rings. The van der Waals surface area contributed by atoms with Crippen molar-refractivity contribution in [1.82, 2.24) is 4.98 Å². The second-order valence-corrected chi connectivity index (χ2v) is 3.37. The molecule has 0 spiro atoms. The second kappa shape index (κ2) is 2.57. The van der Waals surface area contributed by atoms with Crippen molar-refractivity contribution in [2.45, 2.75) is 0 Å². The van der Waals surface area contributed by atoms with Crippen LogP contribution in [-0.4, -0.2) is 4.98 Å². The van der Waals surface area contributed by atoms with Crippen LogP contribution in [0.15, 0.2) is 18.3 Å². The molecule has 0 aliphatic heterocycles. The number of halogens is 2. The third-order valence-electron chi connectivity index (χ3n) is 1.75. The van der Waals surface area contributed by atoms with Crippen LogP contribution in [0.4, 0.5) is 5.69 Å². The lowest BCUT2D eigenvalue weighted by Crippen LogP contribution is -1.79. The zero-order valence-electron chi connectivity index (χ0n) is 6.07. The lowest BCUT2D eigenvalue weighted by molar-refractivity contribution is 1.48. The minimum absolute atomic E-state index is 0.524. The maximum Gasteiger partial charge on any atom is 0.0613 e. The highest BCUT2D eigenvalue weighted by Gasteiger charge is 2.04. The normalized spacial score (nSPS) is 10.8. The Morgan fingerprint density at radius 2 is 1.83 bits per heavy atom. The highest BCUT2D eigenvalue weighted by molar-refractivity contribution is 6.42. The minimum Gasteiger partial charge on any atom is -0.397 e. The van der Waals surface area contributed by atoms with Crippen molar-refractivity contribution in [3.63, 3.8) is 0 Å². The molecule has 12 heavy (non-hydrogen) atoms. The van der Waals surface area contributed by atoms with E-state index in [2.05, 4.69) is 4.98 Å². The molecule has 4 heteroatoms. The zero-order chi connectivity index (χ0) is 8.72. The Hall–Kier alpha value is -0.860. The maximum atomic E-state index is 5.82. The molecular weight excluding hydrogens is 195 g/mol. The van der Waals surface area contributed by atoms with Gasteiger partial charge in [0.2, 0.25) is 0 Å². The number of H-pyrrole nitrogens is 1. The molecule has 0 radical (unpaired) electrons. The van der Waals surface area contributed by atoms with Gasteiger partial charge in [0, 0.05) is 17.1 Å². The van der Waals surface area contributed by atoms with Gasteiger partial charge in [-0.1, -0.05) is 23.2 Å². The number of rotatable bonds is 0. The van der Waals surface area contributed by atoms with Crippen molar-refractivity contribution in [1.29, 1.82) is 0 Å². The Morgan fingerprint density at radius 3 is 2.58 bits per heavy atom. The lowest BCUT2D eigenvalue weighted by atomic mass is 10.2. The van der Waals surface area contributed by atoms with Gasteiger partial charge >= 0.3 is 0 Å². The number of nitrogens with two attached hydrogens (primary N) is 1. The standard InChI is InChI=1S/C8H6Cl2N2/c9-5-1-4-7(11)3-12-8(4)2-6(5)10/h1-3,12H,11H2. The summed E-state index contributed by atoms with van der Waals surface area (Å²) in [6.07, 6.45) is 1.72. The number of fused-ring (bicyclic) bond motifs is 1. The first kappa shape index (κ1) is 7.77. The smallest absolute Gasteiger partial charge is 0.0613 e. The zero-order valence-corrected chi connectivity index (χ0v) is 7.58. The van der Waals surface area contributed by atoms with Crippen LogP contribution >= 0.6 is 23.2 Å². The fourth-order valence-electron chi connectivity index (χ4n) is 1.14.